The lowest BCUT2D eigenvalue weighted by atomic mass is 10.00. The third kappa shape index (κ3) is 3.39. The molecule has 3 atom stereocenters. The molecule has 0 amide bonds. The molecule has 0 fully saturated rings. The Morgan fingerprint density at radius 3 is 1.50 bits per heavy atom. The molecule has 2 aromatic carbocycles. The second-order valence-corrected chi connectivity index (χ2v) is 5.57. The van der Waals surface area contributed by atoms with Gasteiger partial charge in [0.25, 0.3) is 0 Å². The minimum absolute atomic E-state index is 1.01. The van der Waals surface area contributed by atoms with Crippen molar-refractivity contribution >= 4 is 27.7 Å². The topological polar surface area (TPSA) is 0 Å². The normalized spacial score (nSPS) is 10.6. The lowest BCUT2D eigenvalue weighted by Crippen LogP contribution is -1.87. The number of hydrogen-bond acceptors (Lipinski definition) is 0. The van der Waals surface area contributed by atoms with Gasteiger partial charge in [-0.15, -0.1) is 27.7 Å². The second-order valence-electron chi connectivity index (χ2n) is 4.35. The molecule has 3 unspecified atom stereocenters. The largest absolute Gasteiger partial charge is 0.133 e. The van der Waals surface area contributed by atoms with Crippen molar-refractivity contribution in [2.45, 2.75) is 18.5 Å². The summed E-state index contributed by atoms with van der Waals surface area (Å²) in [6.07, 6.45) is 3.03. The molecular formula is C15H19P3. The molecule has 18 heavy (non-hydrogen) atoms. The Kier molecular flexibility index (Phi) is 5.32. The lowest BCUT2D eigenvalue weighted by molar-refractivity contribution is 1.33. The zero-order valence-corrected chi connectivity index (χ0v) is 13.9. The molecule has 0 spiro atoms. The highest BCUT2D eigenvalue weighted by molar-refractivity contribution is 7.15. The van der Waals surface area contributed by atoms with Gasteiger partial charge in [0, 0.05) is 0 Å². The van der Waals surface area contributed by atoms with Crippen molar-refractivity contribution in [1.29, 1.82) is 0 Å². The quantitative estimate of drug-likeness (QED) is 0.729. The predicted octanol–water partition coefficient (Wildman–Crippen LogP) is 4.48. The van der Waals surface area contributed by atoms with Crippen LogP contribution in [0, 0.1) is 0 Å². The highest BCUT2D eigenvalue weighted by Gasteiger charge is 2.02. The van der Waals surface area contributed by atoms with E-state index < -0.39 is 0 Å². The fourth-order valence-corrected chi connectivity index (χ4v) is 2.74. The summed E-state index contributed by atoms with van der Waals surface area (Å²) < 4.78 is 0. The van der Waals surface area contributed by atoms with Gasteiger partial charge < -0.3 is 0 Å². The maximum atomic E-state index is 2.80. The number of benzene rings is 2. The zero-order chi connectivity index (χ0) is 13.0. The maximum absolute atomic E-state index is 2.80. The molecular weight excluding hydrogens is 273 g/mol. The summed E-state index contributed by atoms with van der Waals surface area (Å²) in [6, 6.07) is 15.7. The molecule has 2 aromatic rings. The molecule has 0 saturated heterocycles. The third-order valence-corrected chi connectivity index (χ3v) is 4.46. The minimum Gasteiger partial charge on any atom is -0.133 e. The summed E-state index contributed by atoms with van der Waals surface area (Å²) in [6.45, 7) is 0. The Labute approximate surface area is 117 Å². The van der Waals surface area contributed by atoms with Crippen molar-refractivity contribution in [2.24, 2.45) is 0 Å². The Bertz CT molecular complexity index is 496. The van der Waals surface area contributed by atoms with E-state index in [1.165, 1.54) is 27.8 Å². The van der Waals surface area contributed by atoms with E-state index in [1.54, 1.807) is 0 Å². The zero-order valence-electron chi connectivity index (χ0n) is 10.4. The van der Waals surface area contributed by atoms with Gasteiger partial charge in [0.2, 0.25) is 0 Å². The van der Waals surface area contributed by atoms with E-state index in [4.69, 9.17) is 0 Å². The molecule has 0 bridgehead atoms. The molecule has 0 radical (unpaired) electrons. The van der Waals surface area contributed by atoms with Crippen LogP contribution in [0.2, 0.25) is 0 Å². The van der Waals surface area contributed by atoms with E-state index in [9.17, 15) is 0 Å². The fraction of sp³-hybridized carbons (Fsp3) is 0.200. The first-order valence-corrected chi connectivity index (χ1v) is 8.54. The molecule has 94 valence electrons. The van der Waals surface area contributed by atoms with E-state index in [1.807, 2.05) is 0 Å². The summed E-state index contributed by atoms with van der Waals surface area (Å²) in [5.41, 5.74) is 6.74. The molecule has 3 heteroatoms. The van der Waals surface area contributed by atoms with Crippen LogP contribution in [-0.2, 0) is 18.5 Å². The van der Waals surface area contributed by atoms with Crippen molar-refractivity contribution in [3.63, 3.8) is 0 Å². The fourth-order valence-electron chi connectivity index (χ4n) is 2.00. The van der Waals surface area contributed by atoms with Gasteiger partial charge in [-0.2, -0.15) is 0 Å². The monoisotopic (exact) mass is 292 g/mol. The lowest BCUT2D eigenvalue weighted by Gasteiger charge is -2.08. The number of hydrogen-bond donors (Lipinski definition) is 0. The summed E-state index contributed by atoms with van der Waals surface area (Å²) >= 11 is 0. The molecule has 0 N–H and O–H groups in total. The average molecular weight is 292 g/mol. The van der Waals surface area contributed by atoms with Gasteiger partial charge >= 0.3 is 0 Å². The molecule has 0 aliphatic carbocycles. The van der Waals surface area contributed by atoms with Gasteiger partial charge in [0.15, 0.2) is 0 Å². The SMILES string of the molecule is PCc1ccc(-c2cc(CP)cc(CP)c2)cc1. The van der Waals surface area contributed by atoms with Crippen LogP contribution in [0.15, 0.2) is 42.5 Å². The molecule has 0 aliphatic heterocycles. The predicted molar refractivity (Wildman–Crippen MR) is 92.1 cm³/mol. The van der Waals surface area contributed by atoms with Crippen molar-refractivity contribution in [3.05, 3.63) is 59.2 Å². The smallest absolute Gasteiger partial charge is 0.0128 e. The van der Waals surface area contributed by atoms with Crippen LogP contribution >= 0.6 is 27.7 Å². The third-order valence-electron chi connectivity index (χ3n) is 3.05. The van der Waals surface area contributed by atoms with E-state index in [0.29, 0.717) is 0 Å². The van der Waals surface area contributed by atoms with E-state index in [2.05, 4.69) is 70.2 Å². The Morgan fingerprint density at radius 2 is 1.06 bits per heavy atom. The van der Waals surface area contributed by atoms with Crippen LogP contribution in [0.25, 0.3) is 11.1 Å². The van der Waals surface area contributed by atoms with Gasteiger partial charge in [-0.25, -0.2) is 0 Å². The van der Waals surface area contributed by atoms with Gasteiger partial charge in [-0.1, -0.05) is 42.5 Å². The van der Waals surface area contributed by atoms with Crippen molar-refractivity contribution in [3.8, 4) is 11.1 Å². The Balaban J connectivity index is 2.41. The van der Waals surface area contributed by atoms with Crippen molar-refractivity contribution in [1.82, 2.24) is 0 Å². The molecule has 2 rings (SSSR count). The summed E-state index contributed by atoms with van der Waals surface area (Å²) in [4.78, 5) is 0. The van der Waals surface area contributed by atoms with Crippen molar-refractivity contribution in [2.75, 3.05) is 0 Å². The van der Waals surface area contributed by atoms with E-state index in [0.717, 1.165) is 18.5 Å². The van der Waals surface area contributed by atoms with Crippen LogP contribution in [0.5, 0.6) is 0 Å². The van der Waals surface area contributed by atoms with E-state index in [-0.39, 0.29) is 0 Å². The second kappa shape index (κ2) is 6.77. The van der Waals surface area contributed by atoms with Crippen LogP contribution in [0.4, 0.5) is 0 Å². The molecule has 0 aromatic heterocycles. The Hall–Kier alpha value is -0.270. The highest BCUT2D eigenvalue weighted by atomic mass is 31.0. The standard InChI is InChI=1S/C15H19P3/c16-8-11-1-3-14(4-2-11)15-6-12(9-17)5-13(7-15)10-18/h1-7H,8-10,16-18H2. The number of rotatable bonds is 4. The average Bonchev–Trinajstić information content (AvgIpc) is 2.46. The van der Waals surface area contributed by atoms with Gasteiger partial charge in [0.05, 0.1) is 0 Å². The molecule has 0 saturated carbocycles. The Morgan fingerprint density at radius 1 is 0.556 bits per heavy atom. The van der Waals surface area contributed by atoms with Gasteiger partial charge in [0.1, 0.15) is 0 Å². The maximum Gasteiger partial charge on any atom is -0.0128 e. The summed E-state index contributed by atoms with van der Waals surface area (Å²) in [5.74, 6) is 0. The van der Waals surface area contributed by atoms with Crippen molar-refractivity contribution < 1.29 is 0 Å². The van der Waals surface area contributed by atoms with Crippen LogP contribution in [0.1, 0.15) is 16.7 Å². The van der Waals surface area contributed by atoms with Crippen LogP contribution in [0.3, 0.4) is 0 Å². The van der Waals surface area contributed by atoms with Gasteiger partial charge in [-0.05, 0) is 46.3 Å². The summed E-state index contributed by atoms with van der Waals surface area (Å²) in [7, 11) is 8.37. The minimum atomic E-state index is 1.01. The van der Waals surface area contributed by atoms with Gasteiger partial charge in [-0.3, -0.25) is 0 Å². The van der Waals surface area contributed by atoms with E-state index >= 15 is 0 Å². The summed E-state index contributed by atoms with van der Waals surface area (Å²) in [5, 5.41) is 0. The first-order chi connectivity index (χ1) is 8.76. The highest BCUT2D eigenvalue weighted by Crippen LogP contribution is 2.25. The molecule has 0 aliphatic rings. The molecule has 0 heterocycles. The molecule has 0 nitrogen and oxygen atoms in total. The first-order valence-electron chi connectivity index (χ1n) is 6.09. The first kappa shape index (κ1) is 14.1. The van der Waals surface area contributed by atoms with Crippen LogP contribution < -0.4 is 0 Å². The van der Waals surface area contributed by atoms with Crippen LogP contribution in [-0.4, -0.2) is 0 Å².